The summed E-state index contributed by atoms with van der Waals surface area (Å²) in [5.41, 5.74) is 8.43. The predicted molar refractivity (Wildman–Crippen MR) is 120 cm³/mol. The first-order valence-electron chi connectivity index (χ1n) is 10.9. The number of morpholine rings is 1. The molecule has 1 aliphatic rings. The molecule has 0 amide bonds. The van der Waals surface area contributed by atoms with Crippen LogP contribution < -0.4 is 0 Å². The second-order valence-corrected chi connectivity index (χ2v) is 8.39. The molecule has 0 N–H and O–H groups in total. The minimum absolute atomic E-state index is 0.0111. The second kappa shape index (κ2) is 9.11. The lowest BCUT2D eigenvalue weighted by molar-refractivity contribution is -0.0351. The summed E-state index contributed by atoms with van der Waals surface area (Å²) in [7, 11) is 0. The topological polar surface area (TPSA) is 43.2 Å². The Hall–Kier alpha value is -2.50. The summed E-state index contributed by atoms with van der Waals surface area (Å²) in [5.74, 6) is 0. The molecule has 0 spiro atoms. The summed E-state index contributed by atoms with van der Waals surface area (Å²) in [6.07, 6.45) is 3.10. The van der Waals surface area contributed by atoms with Crippen molar-refractivity contribution >= 4 is 0 Å². The number of rotatable bonds is 6. The van der Waals surface area contributed by atoms with Crippen LogP contribution in [0, 0.1) is 20.8 Å². The van der Waals surface area contributed by atoms with E-state index >= 15 is 0 Å². The van der Waals surface area contributed by atoms with Crippen LogP contribution in [0.25, 0.3) is 0 Å². The van der Waals surface area contributed by atoms with Crippen molar-refractivity contribution in [1.82, 2.24) is 19.7 Å². The van der Waals surface area contributed by atoms with E-state index < -0.39 is 0 Å². The Morgan fingerprint density at radius 1 is 1.07 bits per heavy atom. The molecule has 158 valence electrons. The van der Waals surface area contributed by atoms with Crippen LogP contribution in [0.2, 0.25) is 0 Å². The standard InChI is InChI=1S/C25H32N4O/c1-5-29-16-23(20(4)27-29)15-28-10-11-30-25(17-28)24-14-22(12-19(3)26-24)13-21-8-6-18(2)7-9-21/h6-9,12,14,16,25H,5,10-11,13,15,17H2,1-4H3/t25-/m0/s1. The maximum absolute atomic E-state index is 6.14. The van der Waals surface area contributed by atoms with Gasteiger partial charge in [-0.1, -0.05) is 29.8 Å². The average molecular weight is 405 g/mol. The van der Waals surface area contributed by atoms with Gasteiger partial charge in [0.25, 0.3) is 0 Å². The Labute approximate surface area is 179 Å². The van der Waals surface area contributed by atoms with Gasteiger partial charge in [0.1, 0.15) is 6.10 Å². The lowest BCUT2D eigenvalue weighted by Gasteiger charge is -2.32. The highest BCUT2D eigenvalue weighted by atomic mass is 16.5. The van der Waals surface area contributed by atoms with Gasteiger partial charge in [0, 0.05) is 43.6 Å². The molecule has 0 unspecified atom stereocenters. The van der Waals surface area contributed by atoms with Gasteiger partial charge in [-0.3, -0.25) is 14.6 Å². The lowest BCUT2D eigenvalue weighted by Crippen LogP contribution is -2.38. The van der Waals surface area contributed by atoms with Gasteiger partial charge >= 0.3 is 0 Å². The zero-order chi connectivity index (χ0) is 21.1. The van der Waals surface area contributed by atoms with Gasteiger partial charge in [-0.2, -0.15) is 5.10 Å². The summed E-state index contributed by atoms with van der Waals surface area (Å²) in [5, 5.41) is 4.59. The summed E-state index contributed by atoms with van der Waals surface area (Å²) >= 11 is 0. The van der Waals surface area contributed by atoms with Gasteiger partial charge in [-0.05, 0) is 57.4 Å². The summed E-state index contributed by atoms with van der Waals surface area (Å²) < 4.78 is 8.16. The van der Waals surface area contributed by atoms with E-state index in [0.717, 1.165) is 56.3 Å². The van der Waals surface area contributed by atoms with Gasteiger partial charge in [0.2, 0.25) is 0 Å². The van der Waals surface area contributed by atoms with Gasteiger partial charge in [-0.15, -0.1) is 0 Å². The highest BCUT2D eigenvalue weighted by Gasteiger charge is 2.24. The van der Waals surface area contributed by atoms with Crippen LogP contribution in [0.15, 0.2) is 42.6 Å². The van der Waals surface area contributed by atoms with Crippen molar-refractivity contribution < 1.29 is 4.74 Å². The molecule has 1 fully saturated rings. The first-order chi connectivity index (χ1) is 14.5. The Morgan fingerprint density at radius 3 is 2.60 bits per heavy atom. The van der Waals surface area contributed by atoms with Crippen molar-refractivity contribution in [3.05, 3.63) is 81.9 Å². The van der Waals surface area contributed by atoms with Crippen molar-refractivity contribution in [2.75, 3.05) is 19.7 Å². The van der Waals surface area contributed by atoms with Gasteiger partial charge < -0.3 is 4.74 Å². The zero-order valence-electron chi connectivity index (χ0n) is 18.6. The van der Waals surface area contributed by atoms with E-state index in [4.69, 9.17) is 9.72 Å². The van der Waals surface area contributed by atoms with Crippen molar-refractivity contribution in [2.24, 2.45) is 0 Å². The third kappa shape index (κ3) is 4.97. The molecule has 5 heteroatoms. The molecule has 3 heterocycles. The molecule has 1 aromatic carbocycles. The minimum atomic E-state index is 0.0111. The van der Waals surface area contributed by atoms with Crippen molar-refractivity contribution in [3.8, 4) is 0 Å². The van der Waals surface area contributed by atoms with E-state index in [1.165, 1.54) is 22.3 Å². The first-order valence-corrected chi connectivity index (χ1v) is 10.9. The summed E-state index contributed by atoms with van der Waals surface area (Å²) in [4.78, 5) is 7.28. The molecule has 4 rings (SSSR count). The molecule has 2 aromatic heterocycles. The van der Waals surface area contributed by atoms with Crippen LogP contribution >= 0.6 is 0 Å². The quantitative estimate of drug-likeness (QED) is 0.611. The molecule has 1 saturated heterocycles. The SMILES string of the molecule is CCn1cc(CN2CCO[C@H](c3cc(Cc4ccc(C)cc4)cc(C)n3)C2)c(C)n1. The molecule has 30 heavy (non-hydrogen) atoms. The molecule has 1 aliphatic heterocycles. The fourth-order valence-corrected chi connectivity index (χ4v) is 4.12. The van der Waals surface area contributed by atoms with Crippen LogP contribution in [-0.2, 0) is 24.2 Å². The lowest BCUT2D eigenvalue weighted by atomic mass is 10.0. The average Bonchev–Trinajstić information content (AvgIpc) is 3.09. The van der Waals surface area contributed by atoms with E-state index in [9.17, 15) is 0 Å². The molecule has 3 aromatic rings. The van der Waals surface area contributed by atoms with Crippen molar-refractivity contribution in [2.45, 2.75) is 53.3 Å². The second-order valence-electron chi connectivity index (χ2n) is 8.39. The predicted octanol–water partition coefficient (Wildman–Crippen LogP) is 4.39. The number of aromatic nitrogens is 3. The molecular weight excluding hydrogens is 372 g/mol. The van der Waals surface area contributed by atoms with Crippen molar-refractivity contribution in [3.63, 3.8) is 0 Å². The Bertz CT molecular complexity index is 993. The van der Waals surface area contributed by atoms with Gasteiger partial charge in [0.05, 0.1) is 18.0 Å². The molecular formula is C25H32N4O. The monoisotopic (exact) mass is 404 g/mol. The van der Waals surface area contributed by atoms with Crippen molar-refractivity contribution in [1.29, 1.82) is 0 Å². The molecule has 5 nitrogen and oxygen atoms in total. The number of aryl methyl sites for hydroxylation is 4. The third-order valence-corrected chi connectivity index (χ3v) is 5.81. The normalized spacial score (nSPS) is 17.4. The largest absolute Gasteiger partial charge is 0.369 e. The zero-order valence-corrected chi connectivity index (χ0v) is 18.6. The fourth-order valence-electron chi connectivity index (χ4n) is 4.12. The van der Waals surface area contributed by atoms with E-state index in [1.807, 2.05) is 4.68 Å². The van der Waals surface area contributed by atoms with E-state index in [2.05, 4.69) is 80.3 Å². The maximum atomic E-state index is 6.14. The van der Waals surface area contributed by atoms with E-state index in [0.29, 0.717) is 0 Å². The highest BCUT2D eigenvalue weighted by molar-refractivity contribution is 5.31. The van der Waals surface area contributed by atoms with Gasteiger partial charge in [0.15, 0.2) is 0 Å². The smallest absolute Gasteiger partial charge is 0.112 e. The number of hydrogen-bond acceptors (Lipinski definition) is 4. The highest BCUT2D eigenvalue weighted by Crippen LogP contribution is 2.24. The number of hydrogen-bond donors (Lipinski definition) is 0. The third-order valence-electron chi connectivity index (χ3n) is 5.81. The molecule has 0 aliphatic carbocycles. The number of benzene rings is 1. The van der Waals surface area contributed by atoms with E-state index in [-0.39, 0.29) is 6.10 Å². The first kappa shape index (κ1) is 20.8. The number of pyridine rings is 1. The number of nitrogens with zero attached hydrogens (tertiary/aromatic N) is 4. The molecule has 1 atom stereocenters. The van der Waals surface area contributed by atoms with Gasteiger partial charge in [-0.25, -0.2) is 0 Å². The summed E-state index contributed by atoms with van der Waals surface area (Å²) in [6.45, 7) is 12.8. The summed E-state index contributed by atoms with van der Waals surface area (Å²) in [6, 6.07) is 13.2. The van der Waals surface area contributed by atoms with E-state index in [1.54, 1.807) is 0 Å². The molecule has 0 radical (unpaired) electrons. The van der Waals surface area contributed by atoms with Crippen LogP contribution in [0.1, 0.15) is 52.4 Å². The number of ether oxygens (including phenoxy) is 1. The van der Waals surface area contributed by atoms with Crippen LogP contribution in [0.5, 0.6) is 0 Å². The Kier molecular flexibility index (Phi) is 6.30. The Balaban J connectivity index is 1.48. The minimum Gasteiger partial charge on any atom is -0.369 e. The Morgan fingerprint density at radius 2 is 1.87 bits per heavy atom. The van der Waals surface area contributed by atoms with Crippen LogP contribution in [0.4, 0.5) is 0 Å². The van der Waals surface area contributed by atoms with Crippen LogP contribution in [-0.4, -0.2) is 39.4 Å². The van der Waals surface area contributed by atoms with Crippen LogP contribution in [0.3, 0.4) is 0 Å². The molecule has 0 saturated carbocycles. The molecule has 0 bridgehead atoms. The fraction of sp³-hybridized carbons (Fsp3) is 0.440. The maximum Gasteiger partial charge on any atom is 0.112 e.